The average Bonchev–Trinajstić information content (AvgIpc) is 1.84. The molecule has 0 aromatic rings. The van der Waals surface area contributed by atoms with Crippen LogP contribution in [0.25, 0.3) is 0 Å². The van der Waals surface area contributed by atoms with Crippen LogP contribution in [0.15, 0.2) is 8.57 Å². The van der Waals surface area contributed by atoms with Gasteiger partial charge in [-0.3, -0.25) is 0 Å². The van der Waals surface area contributed by atoms with Gasteiger partial charge in [0.05, 0.1) is 7.11 Å². The van der Waals surface area contributed by atoms with Crippen LogP contribution < -0.4 is 0 Å². The minimum absolute atomic E-state index is 0.348. The topological polar surface area (TPSA) is 26.3 Å². The lowest BCUT2D eigenvalue weighted by atomic mass is 10.7. The van der Waals surface area contributed by atoms with Gasteiger partial charge in [0, 0.05) is 0 Å². The molecule has 0 saturated heterocycles. The van der Waals surface area contributed by atoms with Crippen molar-refractivity contribution in [2.24, 2.45) is 0 Å². The first kappa shape index (κ1) is 8.42. The first-order valence-corrected chi connectivity index (χ1v) is 3.80. The van der Waals surface area contributed by atoms with E-state index in [1.807, 2.05) is 22.6 Å². The maximum atomic E-state index is 10.4. The maximum Gasteiger partial charge on any atom is 0.345 e. The van der Waals surface area contributed by atoms with E-state index in [0.29, 0.717) is 4.48 Å². The minimum Gasteiger partial charge on any atom is -0.465 e. The molecule has 0 rings (SSSR count). The van der Waals surface area contributed by atoms with Crippen LogP contribution in [-0.2, 0) is 9.53 Å². The highest BCUT2D eigenvalue weighted by molar-refractivity contribution is 14.1. The molecule has 0 amide bonds. The summed E-state index contributed by atoms with van der Waals surface area (Å²) < 4.78 is 6.39. The molecule has 0 aliphatic heterocycles. The van der Waals surface area contributed by atoms with Crippen molar-refractivity contribution >= 4 is 44.5 Å². The minimum atomic E-state index is -0.348. The Bertz CT molecular complexity index is 121. The van der Waals surface area contributed by atoms with Crippen LogP contribution in [0.2, 0.25) is 0 Å². The number of halogens is 2. The second-order valence-electron chi connectivity index (χ2n) is 0.949. The summed E-state index contributed by atoms with van der Waals surface area (Å²) in [4.78, 5) is 10.4. The Labute approximate surface area is 69.5 Å². The molecule has 0 radical (unpaired) electrons. The highest BCUT2D eigenvalue weighted by Crippen LogP contribution is 2.08. The van der Waals surface area contributed by atoms with Gasteiger partial charge in [-0.25, -0.2) is 4.79 Å². The zero-order chi connectivity index (χ0) is 6.57. The van der Waals surface area contributed by atoms with E-state index in [4.69, 9.17) is 0 Å². The Morgan fingerprint density at radius 3 is 2.50 bits per heavy atom. The summed E-state index contributed by atoms with van der Waals surface area (Å²) in [5, 5.41) is 0. The van der Waals surface area contributed by atoms with E-state index in [2.05, 4.69) is 20.7 Å². The summed E-state index contributed by atoms with van der Waals surface area (Å²) in [5.74, 6) is -0.348. The smallest absolute Gasteiger partial charge is 0.345 e. The van der Waals surface area contributed by atoms with Gasteiger partial charge < -0.3 is 4.74 Å². The number of rotatable bonds is 1. The zero-order valence-electron chi connectivity index (χ0n) is 4.15. The van der Waals surface area contributed by atoms with E-state index < -0.39 is 0 Å². The summed E-state index contributed by atoms with van der Waals surface area (Å²) in [6, 6.07) is 0. The molecule has 0 aliphatic rings. The van der Waals surface area contributed by atoms with Crippen molar-refractivity contribution in [3.8, 4) is 0 Å². The Balaban J connectivity index is 3.83. The molecule has 0 saturated carbocycles. The Morgan fingerprint density at radius 1 is 1.88 bits per heavy atom. The molecule has 8 heavy (non-hydrogen) atoms. The van der Waals surface area contributed by atoms with E-state index in [1.165, 1.54) is 7.11 Å². The van der Waals surface area contributed by atoms with Crippen LogP contribution in [0, 0.1) is 0 Å². The van der Waals surface area contributed by atoms with Crippen LogP contribution in [0.4, 0.5) is 0 Å². The van der Waals surface area contributed by atoms with Crippen molar-refractivity contribution in [1.29, 1.82) is 0 Å². The number of methoxy groups -OCH3 is 1. The predicted molar refractivity (Wildman–Crippen MR) is 43.0 cm³/mol. The number of hydrogen-bond donors (Lipinski definition) is 0. The standard InChI is InChI=1S/C4H4BrIO2/c1-8-4(7)3(5)2-6/h2H,1H3/b3-2-. The third-order valence-electron chi connectivity index (χ3n) is 0.476. The molecule has 0 spiro atoms. The van der Waals surface area contributed by atoms with Crippen molar-refractivity contribution in [3.63, 3.8) is 0 Å². The van der Waals surface area contributed by atoms with Gasteiger partial charge in [-0.05, 0) is 20.0 Å². The molecule has 4 heteroatoms. The molecule has 0 aromatic carbocycles. The van der Waals surface area contributed by atoms with Gasteiger partial charge >= 0.3 is 5.97 Å². The normalized spacial score (nSPS) is 11.1. The average molecular weight is 291 g/mol. The maximum absolute atomic E-state index is 10.4. The number of carbonyl (C=O) groups excluding carboxylic acids is 1. The van der Waals surface area contributed by atoms with Gasteiger partial charge in [-0.1, -0.05) is 22.6 Å². The third kappa shape index (κ3) is 2.66. The van der Waals surface area contributed by atoms with Crippen molar-refractivity contribution in [2.45, 2.75) is 0 Å². The molecule has 0 atom stereocenters. The van der Waals surface area contributed by atoms with Gasteiger partial charge in [0.1, 0.15) is 4.48 Å². The summed E-state index contributed by atoms with van der Waals surface area (Å²) in [6.07, 6.45) is 0. The van der Waals surface area contributed by atoms with Crippen LogP contribution in [-0.4, -0.2) is 13.1 Å². The molecule has 46 valence electrons. The van der Waals surface area contributed by atoms with Gasteiger partial charge in [0.25, 0.3) is 0 Å². The monoisotopic (exact) mass is 290 g/mol. The van der Waals surface area contributed by atoms with Crippen molar-refractivity contribution < 1.29 is 9.53 Å². The van der Waals surface area contributed by atoms with Crippen LogP contribution in [0.1, 0.15) is 0 Å². The Kier molecular flexibility index (Phi) is 4.54. The summed E-state index contributed by atoms with van der Waals surface area (Å²) in [7, 11) is 1.34. The van der Waals surface area contributed by atoms with Crippen LogP contribution in [0.3, 0.4) is 0 Å². The van der Waals surface area contributed by atoms with E-state index in [0.717, 1.165) is 0 Å². The highest BCUT2D eigenvalue weighted by Gasteiger charge is 2.01. The molecular weight excluding hydrogens is 287 g/mol. The van der Waals surface area contributed by atoms with E-state index >= 15 is 0 Å². The quantitative estimate of drug-likeness (QED) is 0.418. The summed E-state index contributed by atoms with van der Waals surface area (Å²) in [5.41, 5.74) is 0. The van der Waals surface area contributed by atoms with Gasteiger partial charge in [-0.2, -0.15) is 0 Å². The third-order valence-corrected chi connectivity index (χ3v) is 2.51. The van der Waals surface area contributed by atoms with Crippen LogP contribution >= 0.6 is 38.5 Å². The molecule has 0 heterocycles. The molecule has 0 bridgehead atoms. The molecule has 0 aliphatic carbocycles. The predicted octanol–water partition coefficient (Wildman–Crippen LogP) is 1.83. The van der Waals surface area contributed by atoms with Crippen molar-refractivity contribution in [1.82, 2.24) is 0 Å². The lowest BCUT2D eigenvalue weighted by Gasteiger charge is -1.91. The first-order chi connectivity index (χ1) is 3.72. The number of carbonyl (C=O) groups is 1. The van der Waals surface area contributed by atoms with E-state index in [-0.39, 0.29) is 5.97 Å². The fourth-order valence-electron chi connectivity index (χ4n) is 0.142. The first-order valence-electron chi connectivity index (χ1n) is 1.76. The summed E-state index contributed by atoms with van der Waals surface area (Å²) >= 11 is 4.92. The summed E-state index contributed by atoms with van der Waals surface area (Å²) in [6.45, 7) is 0. The Hall–Kier alpha value is 0.420. The zero-order valence-corrected chi connectivity index (χ0v) is 7.89. The van der Waals surface area contributed by atoms with E-state index in [9.17, 15) is 4.79 Å². The van der Waals surface area contributed by atoms with Gasteiger partial charge in [0.2, 0.25) is 0 Å². The molecule has 0 unspecified atom stereocenters. The largest absolute Gasteiger partial charge is 0.465 e. The second kappa shape index (κ2) is 4.31. The fraction of sp³-hybridized carbons (Fsp3) is 0.250. The van der Waals surface area contributed by atoms with Gasteiger partial charge in [0.15, 0.2) is 0 Å². The lowest BCUT2D eigenvalue weighted by molar-refractivity contribution is -0.135. The highest BCUT2D eigenvalue weighted by atomic mass is 127. The van der Waals surface area contributed by atoms with E-state index in [1.54, 1.807) is 4.08 Å². The Morgan fingerprint density at radius 2 is 2.38 bits per heavy atom. The molecule has 0 N–H and O–H groups in total. The number of ether oxygens (including phenoxy) is 1. The van der Waals surface area contributed by atoms with Crippen molar-refractivity contribution in [3.05, 3.63) is 8.57 Å². The lowest BCUT2D eigenvalue weighted by Crippen LogP contribution is -1.97. The van der Waals surface area contributed by atoms with Gasteiger partial charge in [-0.15, -0.1) is 0 Å². The SMILES string of the molecule is COC(=O)/C(Br)=C/I. The molecule has 0 fully saturated rings. The number of esters is 1. The molecule has 0 aromatic heterocycles. The van der Waals surface area contributed by atoms with Crippen molar-refractivity contribution in [2.75, 3.05) is 7.11 Å². The number of hydrogen-bond acceptors (Lipinski definition) is 2. The second-order valence-corrected chi connectivity index (χ2v) is 2.43. The molecular formula is C4H4BrIO2. The van der Waals surface area contributed by atoms with Crippen LogP contribution in [0.5, 0.6) is 0 Å². The molecule has 2 nitrogen and oxygen atoms in total. The fourth-order valence-corrected chi connectivity index (χ4v) is 0.558.